The van der Waals surface area contributed by atoms with Gasteiger partial charge in [0, 0.05) is 0 Å². The summed E-state index contributed by atoms with van der Waals surface area (Å²) in [5.41, 5.74) is 17.9. The third-order valence-electron chi connectivity index (χ3n) is 15.9. The molecule has 5 aliphatic heterocycles. The van der Waals surface area contributed by atoms with E-state index in [-0.39, 0.29) is 51.1 Å². The Labute approximate surface area is 531 Å². The van der Waals surface area contributed by atoms with Crippen LogP contribution in [-0.2, 0) is 23.7 Å². The lowest BCUT2D eigenvalue weighted by molar-refractivity contribution is -0.0511. The molecular weight excluding hydrogens is 1290 g/mol. The van der Waals surface area contributed by atoms with E-state index in [4.69, 9.17) is 66.4 Å². The second-order valence-electron chi connectivity index (χ2n) is 21.7. The first-order chi connectivity index (χ1) is 46.0. The molecule has 5 fully saturated rings. The minimum Gasteiger partial charge on any atom is -0.394 e. The number of H-pyrrole nitrogens is 3. The summed E-state index contributed by atoms with van der Waals surface area (Å²) in [7, 11) is 0. The van der Waals surface area contributed by atoms with Crippen LogP contribution in [0.25, 0.3) is 55.8 Å². The van der Waals surface area contributed by atoms with Crippen molar-refractivity contribution in [3.8, 4) is 0 Å². The Morgan fingerprint density at radius 1 is 0.344 bits per heavy atom. The van der Waals surface area contributed by atoms with Gasteiger partial charge < -0.3 is 127 Å². The zero-order valence-electron chi connectivity index (χ0n) is 49.1. The van der Waals surface area contributed by atoms with Crippen LogP contribution in [0.4, 0.5) is 17.6 Å². The van der Waals surface area contributed by atoms with Crippen LogP contribution in [0.5, 0.6) is 0 Å². The van der Waals surface area contributed by atoms with Crippen molar-refractivity contribution in [1.82, 2.24) is 97.6 Å². The maximum atomic E-state index is 11.7. The summed E-state index contributed by atoms with van der Waals surface area (Å²) < 4.78 is 33.8. The summed E-state index contributed by atoms with van der Waals surface area (Å²) in [5.74, 6) is 0.335. The maximum absolute atomic E-state index is 11.7. The van der Waals surface area contributed by atoms with Crippen molar-refractivity contribution in [2.45, 2.75) is 123 Å². The summed E-state index contributed by atoms with van der Waals surface area (Å²) in [6, 6.07) is 0. The van der Waals surface area contributed by atoms with E-state index in [1.54, 1.807) is 0 Å². The number of ether oxygens (including phenoxy) is 5. The van der Waals surface area contributed by atoms with E-state index < -0.39 is 172 Å². The molecular formula is C50H63N23O23. The predicted molar refractivity (Wildman–Crippen MR) is 313 cm³/mol. The van der Waals surface area contributed by atoms with Crippen LogP contribution in [-0.4, -0.2) is 299 Å². The first kappa shape index (κ1) is 68.1. The van der Waals surface area contributed by atoms with Crippen LogP contribution in [0.1, 0.15) is 31.1 Å². The van der Waals surface area contributed by atoms with Crippen molar-refractivity contribution in [2.24, 2.45) is 0 Å². The molecule has 0 aromatic carbocycles. The molecule has 10 aromatic rings. The van der Waals surface area contributed by atoms with Gasteiger partial charge in [-0.3, -0.25) is 42.2 Å². The molecule has 96 heavy (non-hydrogen) atoms. The van der Waals surface area contributed by atoms with E-state index >= 15 is 0 Å². The number of hydrogen-bond acceptors (Lipinski definition) is 38. The van der Waals surface area contributed by atoms with E-state index in [1.165, 1.54) is 79.8 Å². The van der Waals surface area contributed by atoms with Gasteiger partial charge in [-0.2, -0.15) is 4.98 Å². The number of fused-ring (bicyclic) bond motifs is 5. The lowest BCUT2D eigenvalue weighted by Crippen LogP contribution is -2.33. The van der Waals surface area contributed by atoms with E-state index in [2.05, 4.69) is 74.8 Å². The molecule has 5 aliphatic rings. The molecule has 0 bridgehead atoms. The van der Waals surface area contributed by atoms with E-state index in [0.29, 0.717) is 22.3 Å². The number of nitrogens with one attached hydrogen (secondary N) is 3. The van der Waals surface area contributed by atoms with Gasteiger partial charge in [0.25, 0.3) is 16.7 Å². The van der Waals surface area contributed by atoms with Crippen LogP contribution in [0.15, 0.2) is 71.3 Å². The van der Waals surface area contributed by atoms with Crippen LogP contribution < -0.4 is 33.9 Å². The summed E-state index contributed by atoms with van der Waals surface area (Å²) in [5, 5.41) is 143. The molecule has 24 N–H and O–H groups in total. The number of nitrogens with two attached hydrogens (primary N) is 3. The first-order valence-corrected chi connectivity index (χ1v) is 28.6. The molecule has 0 amide bonds. The van der Waals surface area contributed by atoms with Crippen LogP contribution in [0.3, 0.4) is 0 Å². The lowest BCUT2D eigenvalue weighted by atomic mass is 10.1. The fraction of sp³-hybridized carbons (Fsp3) is 0.500. The molecule has 10 aromatic heterocycles. The number of aromatic amines is 3. The van der Waals surface area contributed by atoms with Gasteiger partial charge in [0.05, 0.1) is 77.3 Å². The number of rotatable bonds is 10. The molecule has 15 rings (SSSR count). The van der Waals surface area contributed by atoms with E-state index in [0.717, 1.165) is 0 Å². The SMILES string of the molecule is Nc1nc2c(ncn2[C@@H]2O[C@H](CO)[C@@H](O)[C@H]2O)c(=O)[nH]1.Nc1ncnc2c1ncn2[C@@H]1O[C@H](CO)[C@@H](O)[C@H]1O.Nc1ncnc2c1ncn2[C@@H]1O[C@H](CO)[C@@H](O)[C@H]1O.O=c1[nH]cnc2c1ncn2[C@@H]1O[C@H](CO)[C@@H](O)[C@H]1O.O=c1[nH]cnc2c1ncn2[C@@H]1O[C@H](CO)[C@@H](O)[C@H]1O. The molecule has 0 unspecified atom stereocenters. The van der Waals surface area contributed by atoms with Gasteiger partial charge in [0.15, 0.2) is 87.6 Å². The second kappa shape index (κ2) is 28.2. The van der Waals surface area contributed by atoms with Crippen LogP contribution in [0, 0.1) is 0 Å². The van der Waals surface area contributed by atoms with E-state index in [1.807, 2.05) is 0 Å². The minimum atomic E-state index is -1.29. The normalized spacial score (nSPS) is 30.9. The second-order valence-corrected chi connectivity index (χ2v) is 21.7. The molecule has 0 radical (unpaired) electrons. The van der Waals surface area contributed by atoms with Crippen molar-refractivity contribution in [3.63, 3.8) is 0 Å². The molecule has 46 heteroatoms. The zero-order valence-corrected chi connectivity index (χ0v) is 49.1. The lowest BCUT2D eigenvalue weighted by Gasteiger charge is -2.16. The minimum absolute atomic E-state index is 0.0388. The molecule has 46 nitrogen and oxygen atoms in total. The summed E-state index contributed by atoms with van der Waals surface area (Å²) in [6.07, 6.45) is -9.63. The summed E-state index contributed by atoms with van der Waals surface area (Å²) >= 11 is 0. The van der Waals surface area contributed by atoms with Gasteiger partial charge in [-0.05, 0) is 0 Å². The number of imidazole rings is 5. The highest BCUT2D eigenvalue weighted by Gasteiger charge is 2.48. The third kappa shape index (κ3) is 12.5. The Bertz CT molecular complexity index is 4290. The van der Waals surface area contributed by atoms with Crippen molar-refractivity contribution in [2.75, 3.05) is 50.2 Å². The monoisotopic (exact) mass is 1350 g/mol. The number of aliphatic hydroxyl groups excluding tert-OH is 15. The predicted octanol–water partition coefficient (Wildman–Crippen LogP) is -11.2. The Hall–Kier alpha value is -9.25. The van der Waals surface area contributed by atoms with Crippen molar-refractivity contribution >= 4 is 73.4 Å². The fourth-order valence-corrected chi connectivity index (χ4v) is 10.9. The number of aromatic nitrogens is 20. The Morgan fingerprint density at radius 3 is 0.885 bits per heavy atom. The smallest absolute Gasteiger partial charge is 0.280 e. The Balaban J connectivity index is 0.000000122. The topological polar surface area (TPSA) is 706 Å². The average Bonchev–Trinajstić information content (AvgIpc) is 1.65. The van der Waals surface area contributed by atoms with Gasteiger partial charge >= 0.3 is 0 Å². The summed E-state index contributed by atoms with van der Waals surface area (Å²) in [6.45, 7) is -2.07. The van der Waals surface area contributed by atoms with Gasteiger partial charge in [0.1, 0.15) is 115 Å². The summed E-state index contributed by atoms with van der Waals surface area (Å²) in [4.78, 5) is 89.1. The van der Waals surface area contributed by atoms with Crippen LogP contribution >= 0.6 is 0 Å². The molecule has 0 spiro atoms. The van der Waals surface area contributed by atoms with E-state index in [9.17, 15) is 65.4 Å². The quantitative estimate of drug-likeness (QED) is 0.0604. The Kier molecular flexibility index (Phi) is 20.0. The molecule has 5 saturated heterocycles. The number of nitrogens with zero attached hydrogens (tertiary/aromatic N) is 17. The third-order valence-corrected chi connectivity index (χ3v) is 15.9. The number of hydrogen-bond donors (Lipinski definition) is 21. The van der Waals surface area contributed by atoms with Crippen molar-refractivity contribution in [3.05, 3.63) is 88.0 Å². The van der Waals surface area contributed by atoms with Gasteiger partial charge in [-0.15, -0.1) is 0 Å². The highest BCUT2D eigenvalue weighted by molar-refractivity contribution is 5.82. The first-order valence-electron chi connectivity index (χ1n) is 28.6. The number of aliphatic hydroxyl groups is 15. The number of nitrogen functional groups attached to an aromatic ring is 3. The van der Waals surface area contributed by atoms with Crippen molar-refractivity contribution in [1.29, 1.82) is 0 Å². The number of anilines is 3. The van der Waals surface area contributed by atoms with Crippen molar-refractivity contribution < 1.29 is 100 Å². The van der Waals surface area contributed by atoms with Gasteiger partial charge in [-0.1, -0.05) is 0 Å². The highest BCUT2D eigenvalue weighted by atomic mass is 16.6. The van der Waals surface area contributed by atoms with Gasteiger partial charge in [0.2, 0.25) is 5.95 Å². The van der Waals surface area contributed by atoms with Gasteiger partial charge in [-0.25, -0.2) is 54.8 Å². The largest absolute Gasteiger partial charge is 0.394 e. The highest BCUT2D eigenvalue weighted by Crippen LogP contribution is 2.36. The molecule has 15 heterocycles. The fourth-order valence-electron chi connectivity index (χ4n) is 10.9. The molecule has 516 valence electrons. The average molecular weight is 1350 g/mol. The zero-order chi connectivity index (χ0) is 68.7. The van der Waals surface area contributed by atoms with Crippen LogP contribution in [0.2, 0.25) is 0 Å². The molecule has 0 saturated carbocycles. The molecule has 20 atom stereocenters. The standard InChI is InChI=1S/C10H13N5O5.2C10H13N5O4.2C10H12N4O5/c11-10-13-7-4(8(19)14-10)12-2-15(7)9-6(18)5(17)3(1-16)20-9;2*11-8-5-9(13-2-12-8)15(3-14-5)10-7(18)6(17)4(1-16)19-10;2*15-1-4-6(16)7(17)10(19-4)14-3-13-5-8(14)11-2-12-9(5)18/h2-3,5-6,9,16-18H,1H2,(H3,11,13,14,19);2*2-4,6-7,10,16-18H,1H2,(H2,11,12,13);2*2-4,6-7,10,15-17H,1H2,(H,11,12,18)/t3-,5-,6-,9-;4*4-,6-,7-,10-/m11111/s1. The maximum Gasteiger partial charge on any atom is 0.280 e. The molecule has 0 aliphatic carbocycles. The Morgan fingerprint density at radius 2 is 0.604 bits per heavy atom.